The molecule has 0 atom stereocenters. The molecule has 0 radical (unpaired) electrons. The maximum absolute atomic E-state index is 12.2. The number of hydrogen-bond acceptors (Lipinski definition) is 1. The smallest absolute Gasteiger partial charge is 0.416 e. The van der Waals surface area contributed by atoms with Crippen LogP contribution in [0.2, 0.25) is 0 Å². The second-order valence-electron chi connectivity index (χ2n) is 3.19. The highest BCUT2D eigenvalue weighted by Crippen LogP contribution is 2.30. The van der Waals surface area contributed by atoms with Crippen LogP contribution in [0.5, 0.6) is 5.75 Å². The lowest BCUT2D eigenvalue weighted by atomic mass is 10.2. The largest absolute Gasteiger partial charge is 0.489 e. The van der Waals surface area contributed by atoms with E-state index in [2.05, 4.69) is 29.2 Å². The van der Waals surface area contributed by atoms with Crippen molar-refractivity contribution >= 4 is 22.6 Å². The van der Waals surface area contributed by atoms with Gasteiger partial charge in [-0.1, -0.05) is 29.2 Å². The second kappa shape index (κ2) is 5.56. The Labute approximate surface area is 105 Å². The molecule has 0 fully saturated rings. The van der Waals surface area contributed by atoms with Gasteiger partial charge in [0.15, 0.2) is 0 Å². The van der Waals surface area contributed by atoms with Gasteiger partial charge in [-0.2, -0.15) is 13.2 Å². The van der Waals surface area contributed by atoms with Gasteiger partial charge in [-0.25, -0.2) is 0 Å². The molecule has 0 N–H and O–H groups in total. The van der Waals surface area contributed by atoms with Crippen LogP contribution < -0.4 is 4.74 Å². The molecule has 0 spiro atoms. The Morgan fingerprint density at radius 3 is 2.25 bits per heavy atom. The number of rotatable bonds is 4. The normalized spacial score (nSPS) is 11.2. The number of benzene rings is 1. The Morgan fingerprint density at radius 2 is 1.81 bits per heavy atom. The predicted molar refractivity (Wildman–Crippen MR) is 65.0 cm³/mol. The SMILES string of the molecule is C=C(CI)COc1ccc(C(F)(F)F)cc1. The zero-order chi connectivity index (χ0) is 12.2. The van der Waals surface area contributed by atoms with Crippen molar-refractivity contribution in [3.63, 3.8) is 0 Å². The topological polar surface area (TPSA) is 9.23 Å². The highest BCUT2D eigenvalue weighted by Gasteiger charge is 2.29. The van der Waals surface area contributed by atoms with Crippen molar-refractivity contribution in [2.24, 2.45) is 0 Å². The first-order valence-corrected chi connectivity index (χ1v) is 5.98. The van der Waals surface area contributed by atoms with Gasteiger partial charge in [0.25, 0.3) is 0 Å². The van der Waals surface area contributed by atoms with Crippen molar-refractivity contribution in [1.82, 2.24) is 0 Å². The monoisotopic (exact) mass is 342 g/mol. The molecule has 0 unspecified atom stereocenters. The lowest BCUT2D eigenvalue weighted by molar-refractivity contribution is -0.137. The van der Waals surface area contributed by atoms with E-state index in [0.717, 1.165) is 22.1 Å². The number of ether oxygens (including phenoxy) is 1. The summed E-state index contributed by atoms with van der Waals surface area (Å²) in [7, 11) is 0. The number of alkyl halides is 4. The van der Waals surface area contributed by atoms with Gasteiger partial charge in [-0.15, -0.1) is 0 Å². The zero-order valence-electron chi connectivity index (χ0n) is 8.35. The van der Waals surface area contributed by atoms with Crippen LogP contribution in [-0.2, 0) is 6.18 Å². The predicted octanol–water partition coefficient (Wildman–Crippen LogP) is 4.08. The molecule has 0 bridgehead atoms. The molecule has 0 aromatic heterocycles. The second-order valence-corrected chi connectivity index (χ2v) is 3.96. The number of halogens is 4. The molecular formula is C11H10F3IO. The molecule has 0 aliphatic heterocycles. The third kappa shape index (κ3) is 4.03. The summed E-state index contributed by atoms with van der Waals surface area (Å²) in [4.78, 5) is 0. The summed E-state index contributed by atoms with van der Waals surface area (Å²) in [5, 5.41) is 0. The van der Waals surface area contributed by atoms with Crippen LogP contribution >= 0.6 is 22.6 Å². The first-order chi connectivity index (χ1) is 7.43. The first kappa shape index (κ1) is 13.3. The lowest BCUT2D eigenvalue weighted by Crippen LogP contribution is -2.05. The van der Waals surface area contributed by atoms with E-state index in [4.69, 9.17) is 4.74 Å². The molecule has 1 rings (SSSR count). The minimum Gasteiger partial charge on any atom is -0.489 e. The van der Waals surface area contributed by atoms with Crippen LogP contribution in [0.25, 0.3) is 0 Å². The van der Waals surface area contributed by atoms with E-state index >= 15 is 0 Å². The van der Waals surface area contributed by atoms with Gasteiger partial charge in [0.2, 0.25) is 0 Å². The van der Waals surface area contributed by atoms with Gasteiger partial charge in [0.1, 0.15) is 12.4 Å². The van der Waals surface area contributed by atoms with E-state index in [9.17, 15) is 13.2 Å². The third-order valence-corrected chi connectivity index (χ3v) is 2.89. The van der Waals surface area contributed by atoms with Crippen LogP contribution in [0.4, 0.5) is 13.2 Å². The van der Waals surface area contributed by atoms with Crippen molar-refractivity contribution in [1.29, 1.82) is 0 Å². The summed E-state index contributed by atoms with van der Waals surface area (Å²) >= 11 is 2.14. The average molecular weight is 342 g/mol. The molecule has 88 valence electrons. The number of hydrogen-bond donors (Lipinski definition) is 0. The van der Waals surface area contributed by atoms with Gasteiger partial charge in [-0.3, -0.25) is 0 Å². The summed E-state index contributed by atoms with van der Waals surface area (Å²) in [5.41, 5.74) is 0.216. The van der Waals surface area contributed by atoms with E-state index in [0.29, 0.717) is 12.4 Å². The van der Waals surface area contributed by atoms with Gasteiger partial charge < -0.3 is 4.74 Å². The third-order valence-electron chi connectivity index (χ3n) is 1.81. The Balaban J connectivity index is 2.62. The van der Waals surface area contributed by atoms with Crippen LogP contribution in [0, 0.1) is 0 Å². The minimum atomic E-state index is -4.30. The molecule has 1 aromatic carbocycles. The molecule has 1 nitrogen and oxygen atoms in total. The van der Waals surface area contributed by atoms with E-state index < -0.39 is 11.7 Å². The van der Waals surface area contributed by atoms with E-state index in [1.165, 1.54) is 12.1 Å². The van der Waals surface area contributed by atoms with E-state index in [-0.39, 0.29) is 0 Å². The first-order valence-electron chi connectivity index (χ1n) is 4.46. The van der Waals surface area contributed by atoms with Gasteiger partial charge >= 0.3 is 6.18 Å². The molecule has 0 amide bonds. The summed E-state index contributed by atoms with van der Waals surface area (Å²) in [6.07, 6.45) is -4.30. The Morgan fingerprint density at radius 1 is 1.25 bits per heavy atom. The molecule has 0 heterocycles. The van der Waals surface area contributed by atoms with Gasteiger partial charge in [0, 0.05) is 4.43 Å². The average Bonchev–Trinajstić information content (AvgIpc) is 2.25. The fourth-order valence-corrected chi connectivity index (χ4v) is 1.18. The fourth-order valence-electron chi connectivity index (χ4n) is 0.964. The van der Waals surface area contributed by atoms with E-state index in [1.54, 1.807) is 0 Å². The summed E-state index contributed by atoms with van der Waals surface area (Å²) in [6.45, 7) is 4.06. The fraction of sp³-hybridized carbons (Fsp3) is 0.273. The van der Waals surface area contributed by atoms with Crippen LogP contribution in [0.15, 0.2) is 36.4 Å². The minimum absolute atomic E-state index is 0.328. The Bertz CT molecular complexity index is 356. The molecule has 1 aromatic rings. The summed E-state index contributed by atoms with van der Waals surface area (Å²) in [5.74, 6) is 0.416. The van der Waals surface area contributed by atoms with Crippen molar-refractivity contribution in [3.8, 4) is 5.75 Å². The zero-order valence-corrected chi connectivity index (χ0v) is 10.5. The molecule has 0 saturated carbocycles. The van der Waals surface area contributed by atoms with Crippen LogP contribution in [-0.4, -0.2) is 11.0 Å². The summed E-state index contributed by atoms with van der Waals surface area (Å²) < 4.78 is 42.7. The Kier molecular flexibility index (Phi) is 4.64. The maximum atomic E-state index is 12.2. The van der Waals surface area contributed by atoms with E-state index in [1.807, 2.05) is 0 Å². The van der Waals surface area contributed by atoms with Gasteiger partial charge in [-0.05, 0) is 29.8 Å². The van der Waals surface area contributed by atoms with Crippen molar-refractivity contribution in [2.75, 3.05) is 11.0 Å². The molecule has 0 aliphatic carbocycles. The van der Waals surface area contributed by atoms with Crippen molar-refractivity contribution in [3.05, 3.63) is 42.0 Å². The Hall–Kier alpha value is -0.720. The molecule has 16 heavy (non-hydrogen) atoms. The lowest BCUT2D eigenvalue weighted by Gasteiger charge is -2.09. The molecule has 0 aliphatic rings. The standard InChI is InChI=1S/C11H10F3IO/c1-8(6-15)7-16-10-4-2-9(3-5-10)11(12,13)14/h2-5H,1,6-7H2. The molecular weight excluding hydrogens is 332 g/mol. The highest BCUT2D eigenvalue weighted by molar-refractivity contribution is 14.1. The maximum Gasteiger partial charge on any atom is 0.416 e. The van der Waals surface area contributed by atoms with Crippen LogP contribution in [0.3, 0.4) is 0 Å². The molecule has 5 heteroatoms. The van der Waals surface area contributed by atoms with Crippen LogP contribution in [0.1, 0.15) is 5.56 Å². The molecule has 0 saturated heterocycles. The summed E-state index contributed by atoms with van der Waals surface area (Å²) in [6, 6.07) is 4.62. The van der Waals surface area contributed by atoms with Crippen molar-refractivity contribution < 1.29 is 17.9 Å². The van der Waals surface area contributed by atoms with Crippen molar-refractivity contribution in [2.45, 2.75) is 6.18 Å². The highest BCUT2D eigenvalue weighted by atomic mass is 127. The quantitative estimate of drug-likeness (QED) is 0.455. The van der Waals surface area contributed by atoms with Gasteiger partial charge in [0.05, 0.1) is 5.56 Å².